The molecule has 1 aliphatic heterocycles. The molecule has 0 aliphatic carbocycles. The topological polar surface area (TPSA) is 217 Å². The number of anilines is 2. The minimum absolute atomic E-state index is 0.0671. The summed E-state index contributed by atoms with van der Waals surface area (Å²) < 4.78 is 52.9. The van der Waals surface area contributed by atoms with E-state index in [1.54, 1.807) is 78.8 Å². The van der Waals surface area contributed by atoms with E-state index in [1.165, 1.54) is 23.2 Å². The highest BCUT2D eigenvalue weighted by atomic mass is 32.2. The number of ether oxygens (including phenoxy) is 4. The van der Waals surface area contributed by atoms with Gasteiger partial charge in [0.15, 0.2) is 23.7 Å². The molecule has 22 heteroatoms. The van der Waals surface area contributed by atoms with Crippen molar-refractivity contribution in [3.8, 4) is 40.0 Å². The van der Waals surface area contributed by atoms with Crippen LogP contribution >= 0.6 is 12.0 Å². The standard InChI is InChI=1S/C55H59N11O9S2/c1-9-51(73-47-25-17-37(3)31-39(47)5)71-36-57-42-18-26-48(72-45-22-20-44(69-7)21-23-45)49(34-42)74-77(68)59-35-40(6)52-60-53-55(64-28-14-27-58-64,50(61-66(53)62-52)33-41-15-12-11-13-16-41)65(54(56)67)46-24-19-43(32-38(46)4)63(10-2)29-30-76-75-70-8/h11-28,31-32,34,36,40,51,59H,9-10,33,35H2,1-8H3,(H2,56,67). The zero-order valence-electron chi connectivity index (χ0n) is 43.8. The van der Waals surface area contributed by atoms with Gasteiger partial charge in [0.2, 0.25) is 17.8 Å². The quantitative estimate of drug-likeness (QED) is 0.00663. The Balaban J connectivity index is 1.07. The lowest BCUT2D eigenvalue weighted by atomic mass is 9.93. The lowest BCUT2D eigenvalue weighted by molar-refractivity contribution is -0.158. The Labute approximate surface area is 454 Å². The monoisotopic (exact) mass is 1080 g/mol. The fourth-order valence-electron chi connectivity index (χ4n) is 8.40. The Morgan fingerprint density at radius 2 is 1.71 bits per heavy atom. The van der Waals surface area contributed by atoms with Gasteiger partial charge in [-0.1, -0.05) is 61.9 Å². The molecule has 0 radical (unpaired) electrons. The fraction of sp³-hybridized carbons (Fsp3) is 0.273. The number of nitrogens with zero attached hydrogens (tertiary/aromatic N) is 9. The molecule has 0 saturated carbocycles. The summed E-state index contributed by atoms with van der Waals surface area (Å²) in [5, 5.41) is 17.5. The van der Waals surface area contributed by atoms with Crippen LogP contribution in [-0.4, -0.2) is 80.6 Å². The fourth-order valence-corrected chi connectivity index (χ4v) is 9.39. The maximum absolute atomic E-state index is 14.3. The number of aryl methyl sites for hydroxylation is 3. The summed E-state index contributed by atoms with van der Waals surface area (Å²) in [4.78, 5) is 33.2. The van der Waals surface area contributed by atoms with Gasteiger partial charge in [0.1, 0.15) is 35.0 Å². The lowest BCUT2D eigenvalue weighted by Crippen LogP contribution is -2.61. The molecule has 0 spiro atoms. The van der Waals surface area contributed by atoms with Gasteiger partial charge in [0, 0.05) is 67.3 Å². The minimum atomic E-state index is -2.14. The van der Waals surface area contributed by atoms with Crippen molar-refractivity contribution in [2.75, 3.05) is 37.1 Å². The Hall–Kier alpha value is -8.20. The van der Waals surface area contributed by atoms with Crippen molar-refractivity contribution >= 4 is 58.5 Å². The molecular weight excluding hydrogens is 1020 g/mol. The van der Waals surface area contributed by atoms with Gasteiger partial charge in [-0.15, -0.1) is 14.2 Å². The summed E-state index contributed by atoms with van der Waals surface area (Å²) in [6.07, 6.45) is 4.86. The smallest absolute Gasteiger partial charge is 0.321 e. The number of amides is 2. The summed E-state index contributed by atoms with van der Waals surface area (Å²) in [6.45, 7) is 12.3. The zero-order chi connectivity index (χ0) is 54.5. The number of hydrogen-bond acceptors (Lipinski definition) is 16. The van der Waals surface area contributed by atoms with E-state index in [9.17, 15) is 9.00 Å². The number of aliphatic imine (C=N–C) groups is 1. The molecule has 2 aromatic heterocycles. The number of benzene rings is 5. The first-order chi connectivity index (χ1) is 37.3. The summed E-state index contributed by atoms with van der Waals surface area (Å²) in [6, 6.07) is 37.2. The van der Waals surface area contributed by atoms with Crippen LogP contribution in [0.5, 0.6) is 28.7 Å². The first kappa shape index (κ1) is 55.0. The Bertz CT molecular complexity index is 3290. The predicted octanol–water partition coefficient (Wildman–Crippen LogP) is 9.76. The van der Waals surface area contributed by atoms with E-state index in [2.05, 4.69) is 25.9 Å². The van der Waals surface area contributed by atoms with Crippen LogP contribution in [0.3, 0.4) is 0 Å². The van der Waals surface area contributed by atoms with E-state index < -0.39 is 35.2 Å². The molecule has 7 aromatic rings. The van der Waals surface area contributed by atoms with Crippen LogP contribution in [0.2, 0.25) is 0 Å². The lowest BCUT2D eigenvalue weighted by Gasteiger charge is -2.40. The summed E-state index contributed by atoms with van der Waals surface area (Å²) in [5.74, 6) is 2.30. The number of fused-ring (bicyclic) bond motifs is 1. The second-order valence-electron chi connectivity index (χ2n) is 17.5. The number of hydrogen-bond donors (Lipinski definition) is 2. The predicted molar refractivity (Wildman–Crippen MR) is 297 cm³/mol. The van der Waals surface area contributed by atoms with Crippen molar-refractivity contribution in [1.29, 1.82) is 0 Å². The highest BCUT2D eigenvalue weighted by Crippen LogP contribution is 2.42. The summed E-state index contributed by atoms with van der Waals surface area (Å²) in [5.41, 5.74) is 10.7. The van der Waals surface area contributed by atoms with E-state index in [-0.39, 0.29) is 30.3 Å². The molecule has 0 saturated heterocycles. The molecule has 20 nitrogen and oxygen atoms in total. The Kier molecular flexibility index (Phi) is 18.3. The number of aromatic nitrogens is 5. The number of carbonyl (C=O) groups excluding carboxylic acids is 1. The van der Waals surface area contributed by atoms with Crippen molar-refractivity contribution < 1.29 is 41.4 Å². The highest BCUT2D eigenvalue weighted by Gasteiger charge is 2.56. The molecule has 4 unspecified atom stereocenters. The number of urea groups is 1. The molecule has 4 atom stereocenters. The van der Waals surface area contributed by atoms with Crippen molar-refractivity contribution in [2.24, 2.45) is 15.8 Å². The van der Waals surface area contributed by atoms with Crippen LogP contribution in [0.4, 0.5) is 21.9 Å². The summed E-state index contributed by atoms with van der Waals surface area (Å²) in [7, 11) is 2.98. The molecule has 0 bridgehead atoms. The van der Waals surface area contributed by atoms with Gasteiger partial charge in [-0.25, -0.2) is 29.1 Å². The van der Waals surface area contributed by atoms with Gasteiger partial charge < -0.3 is 33.8 Å². The molecule has 3 heterocycles. The van der Waals surface area contributed by atoms with Gasteiger partial charge >= 0.3 is 6.03 Å². The van der Waals surface area contributed by atoms with Crippen molar-refractivity contribution in [3.63, 3.8) is 0 Å². The Morgan fingerprint density at radius 1 is 0.935 bits per heavy atom. The van der Waals surface area contributed by atoms with Crippen LogP contribution in [0.15, 0.2) is 138 Å². The third-order valence-electron chi connectivity index (χ3n) is 12.2. The van der Waals surface area contributed by atoms with Gasteiger partial charge in [0.05, 0.1) is 25.6 Å². The third kappa shape index (κ3) is 12.9. The highest BCUT2D eigenvalue weighted by molar-refractivity contribution is 7.99. The van der Waals surface area contributed by atoms with E-state index in [4.69, 9.17) is 53.5 Å². The molecule has 0 fully saturated rings. The number of carbonyl (C=O) groups is 1. The third-order valence-corrected chi connectivity index (χ3v) is 13.3. The summed E-state index contributed by atoms with van der Waals surface area (Å²) >= 11 is -1.29. The SMILES string of the molecule is CCC(OC=Nc1ccc(Oc2ccc(OC)cc2)c(OS(=O)NCC(C)c2nc3n(n2)N=C(Cc2ccccc2)C3(N(C(N)=O)c2ccc(N(C#CSOOC)CC)cc2C)n2cccn2)c1)Oc1ccc(C)cc1C. The van der Waals surface area contributed by atoms with Crippen molar-refractivity contribution in [1.82, 2.24) is 29.4 Å². The van der Waals surface area contributed by atoms with Crippen LogP contribution in [0.25, 0.3) is 0 Å². The first-order valence-corrected chi connectivity index (χ1v) is 26.3. The molecule has 77 heavy (non-hydrogen) atoms. The van der Waals surface area contributed by atoms with Crippen LogP contribution < -0.4 is 38.6 Å². The van der Waals surface area contributed by atoms with Crippen LogP contribution in [0.1, 0.15) is 67.0 Å². The molecule has 5 aromatic carbocycles. The van der Waals surface area contributed by atoms with Gasteiger partial charge in [-0.3, -0.25) is 4.90 Å². The van der Waals surface area contributed by atoms with E-state index >= 15 is 0 Å². The van der Waals surface area contributed by atoms with Gasteiger partial charge in [-0.05, 0) is 111 Å². The number of methoxy groups -OCH3 is 1. The van der Waals surface area contributed by atoms with E-state index in [0.29, 0.717) is 58.7 Å². The van der Waals surface area contributed by atoms with Gasteiger partial charge in [-0.2, -0.15) is 14.4 Å². The van der Waals surface area contributed by atoms with E-state index in [1.807, 2.05) is 107 Å². The van der Waals surface area contributed by atoms with Crippen molar-refractivity contribution in [2.45, 2.75) is 72.3 Å². The normalized spacial score (nSPS) is 14.9. The maximum atomic E-state index is 14.3. The van der Waals surface area contributed by atoms with Crippen LogP contribution in [0, 0.1) is 32.1 Å². The van der Waals surface area contributed by atoms with Crippen LogP contribution in [-0.2, 0) is 37.3 Å². The largest absolute Gasteiger partial charge is 0.497 e. The molecule has 3 N–H and O–H groups in total. The average molecular weight is 1080 g/mol. The second kappa shape index (κ2) is 25.6. The molecule has 2 amide bonds. The molecule has 400 valence electrons. The van der Waals surface area contributed by atoms with E-state index in [0.717, 1.165) is 34.4 Å². The Morgan fingerprint density at radius 3 is 2.40 bits per heavy atom. The second-order valence-corrected chi connectivity index (χ2v) is 18.9. The number of nitrogens with two attached hydrogens (primary N) is 1. The molecule has 1 aliphatic rings. The maximum Gasteiger partial charge on any atom is 0.321 e. The molecule has 8 rings (SSSR count). The van der Waals surface area contributed by atoms with Crippen molar-refractivity contribution in [3.05, 3.63) is 162 Å². The first-order valence-electron chi connectivity index (χ1n) is 24.5. The number of rotatable bonds is 24. The molecular formula is C55H59N11O9S2. The zero-order valence-corrected chi connectivity index (χ0v) is 45.4. The van der Waals surface area contributed by atoms with Gasteiger partial charge in [0.25, 0.3) is 11.3 Å². The average Bonchev–Trinajstić information content (AvgIpc) is 4.32. The number of primary amides is 1. The minimum Gasteiger partial charge on any atom is -0.497 e. The number of nitrogens with one attached hydrogen (secondary N) is 1.